The van der Waals surface area contributed by atoms with Gasteiger partial charge in [0.05, 0.1) is 4.90 Å². The molecule has 0 amide bonds. The maximum absolute atomic E-state index is 12.6. The molecule has 20 heavy (non-hydrogen) atoms. The van der Waals surface area contributed by atoms with E-state index in [-0.39, 0.29) is 10.6 Å². The minimum atomic E-state index is -3.44. The molecule has 5 heteroatoms. The van der Waals surface area contributed by atoms with Crippen molar-refractivity contribution < 1.29 is 13.5 Å². The van der Waals surface area contributed by atoms with E-state index >= 15 is 0 Å². The third-order valence-corrected chi connectivity index (χ3v) is 5.58. The van der Waals surface area contributed by atoms with Gasteiger partial charge in [-0.1, -0.05) is 18.2 Å². The van der Waals surface area contributed by atoms with E-state index in [4.69, 9.17) is 0 Å². The molecule has 104 valence electrons. The lowest BCUT2D eigenvalue weighted by Gasteiger charge is -2.26. The summed E-state index contributed by atoms with van der Waals surface area (Å²) in [6, 6.07) is 13.4. The minimum absolute atomic E-state index is 0.0610. The topological polar surface area (TPSA) is 66.4 Å². The molecule has 1 heterocycles. The first kappa shape index (κ1) is 13.0. The highest BCUT2D eigenvalue weighted by Crippen LogP contribution is 2.29. The Bertz CT molecular complexity index is 723. The Morgan fingerprint density at radius 2 is 1.75 bits per heavy atom. The van der Waals surface area contributed by atoms with Gasteiger partial charge in [0, 0.05) is 5.69 Å². The van der Waals surface area contributed by atoms with Gasteiger partial charge in [0.15, 0.2) is 9.84 Å². The normalized spacial score (nSPS) is 18.1. The number of hydrogen-bond donors (Lipinski definition) is 2. The van der Waals surface area contributed by atoms with Crippen molar-refractivity contribution in [3.8, 4) is 5.75 Å². The zero-order valence-corrected chi connectivity index (χ0v) is 11.6. The number of rotatable bonds is 2. The molecule has 3 rings (SSSR count). The molecule has 4 nitrogen and oxygen atoms in total. The van der Waals surface area contributed by atoms with E-state index in [1.165, 1.54) is 24.3 Å². The molecule has 1 aliphatic heterocycles. The lowest BCUT2D eigenvalue weighted by atomic mass is 10.0. The predicted molar refractivity (Wildman–Crippen MR) is 77.5 cm³/mol. The van der Waals surface area contributed by atoms with Crippen LogP contribution >= 0.6 is 0 Å². The van der Waals surface area contributed by atoms with Crippen LogP contribution in [-0.4, -0.2) is 18.9 Å². The number of benzene rings is 2. The SMILES string of the molecule is O=S(=O)(c1ccc(O)cc1)C1CCc2ccccc2N1. The average molecular weight is 289 g/mol. The molecule has 1 unspecified atom stereocenters. The third-order valence-electron chi connectivity index (χ3n) is 3.55. The third kappa shape index (κ3) is 2.25. The van der Waals surface area contributed by atoms with Crippen LogP contribution in [0.25, 0.3) is 0 Å². The second kappa shape index (κ2) is 4.83. The van der Waals surface area contributed by atoms with Crippen LogP contribution < -0.4 is 5.32 Å². The summed E-state index contributed by atoms with van der Waals surface area (Å²) in [7, 11) is -3.44. The molecule has 0 saturated carbocycles. The van der Waals surface area contributed by atoms with Gasteiger partial charge in [0.1, 0.15) is 11.1 Å². The fraction of sp³-hybridized carbons (Fsp3) is 0.200. The lowest BCUT2D eigenvalue weighted by molar-refractivity contribution is 0.474. The second-order valence-electron chi connectivity index (χ2n) is 4.87. The van der Waals surface area contributed by atoms with Crippen LogP contribution in [0.5, 0.6) is 5.75 Å². The largest absolute Gasteiger partial charge is 0.508 e. The summed E-state index contributed by atoms with van der Waals surface area (Å²) in [4.78, 5) is 0.229. The van der Waals surface area contributed by atoms with E-state index < -0.39 is 15.2 Å². The van der Waals surface area contributed by atoms with Gasteiger partial charge in [-0.05, 0) is 48.7 Å². The van der Waals surface area contributed by atoms with Gasteiger partial charge in [0.25, 0.3) is 0 Å². The van der Waals surface area contributed by atoms with E-state index in [0.717, 1.165) is 17.7 Å². The number of sulfone groups is 1. The van der Waals surface area contributed by atoms with Gasteiger partial charge in [-0.25, -0.2) is 8.42 Å². The Morgan fingerprint density at radius 3 is 2.50 bits per heavy atom. The molecular weight excluding hydrogens is 274 g/mol. The molecule has 0 bridgehead atoms. The maximum atomic E-state index is 12.6. The van der Waals surface area contributed by atoms with E-state index in [9.17, 15) is 13.5 Å². The van der Waals surface area contributed by atoms with Crippen molar-refractivity contribution in [3.63, 3.8) is 0 Å². The molecule has 0 saturated heterocycles. The fourth-order valence-electron chi connectivity index (χ4n) is 2.44. The second-order valence-corrected chi connectivity index (χ2v) is 7.00. The molecule has 0 aromatic heterocycles. The molecule has 0 radical (unpaired) electrons. The molecule has 1 atom stereocenters. The standard InChI is InChI=1S/C15H15NO3S/c17-12-6-8-13(9-7-12)20(18,19)15-10-5-11-3-1-2-4-14(11)16-15/h1-4,6-9,15-17H,5,10H2. The van der Waals surface area contributed by atoms with Crippen LogP contribution in [0.15, 0.2) is 53.4 Å². The van der Waals surface area contributed by atoms with E-state index in [1.807, 2.05) is 24.3 Å². The van der Waals surface area contributed by atoms with Crippen molar-refractivity contribution in [2.24, 2.45) is 0 Å². The number of aromatic hydroxyl groups is 1. The molecule has 2 aromatic carbocycles. The highest BCUT2D eigenvalue weighted by Gasteiger charge is 2.30. The number of para-hydroxylation sites is 1. The van der Waals surface area contributed by atoms with Gasteiger partial charge >= 0.3 is 0 Å². The summed E-state index contributed by atoms with van der Waals surface area (Å²) in [5, 5.41) is 11.7. The highest BCUT2D eigenvalue weighted by molar-refractivity contribution is 7.92. The molecule has 1 aliphatic rings. The smallest absolute Gasteiger partial charge is 0.199 e. The fourth-order valence-corrected chi connectivity index (χ4v) is 4.00. The van der Waals surface area contributed by atoms with Crippen LogP contribution in [0.4, 0.5) is 5.69 Å². The Labute approximate surface area is 118 Å². The zero-order chi connectivity index (χ0) is 14.2. The summed E-state index contributed by atoms with van der Waals surface area (Å²) < 4.78 is 25.1. The van der Waals surface area contributed by atoms with E-state index in [1.54, 1.807) is 0 Å². The van der Waals surface area contributed by atoms with Crippen LogP contribution in [0.3, 0.4) is 0 Å². The van der Waals surface area contributed by atoms with Gasteiger partial charge in [-0.3, -0.25) is 0 Å². The Morgan fingerprint density at radius 1 is 1.05 bits per heavy atom. The van der Waals surface area contributed by atoms with Crippen LogP contribution in [0.2, 0.25) is 0 Å². The molecule has 0 spiro atoms. The quantitative estimate of drug-likeness (QED) is 0.891. The van der Waals surface area contributed by atoms with Crippen molar-refractivity contribution in [2.75, 3.05) is 5.32 Å². The van der Waals surface area contributed by atoms with E-state index in [0.29, 0.717) is 6.42 Å². The summed E-state index contributed by atoms with van der Waals surface area (Å²) in [5.41, 5.74) is 2.02. The first-order valence-electron chi connectivity index (χ1n) is 6.45. The van der Waals surface area contributed by atoms with Crippen LogP contribution in [-0.2, 0) is 16.3 Å². The number of aryl methyl sites for hydroxylation is 1. The number of phenols is 1. The zero-order valence-electron chi connectivity index (χ0n) is 10.8. The maximum Gasteiger partial charge on any atom is 0.199 e. The van der Waals surface area contributed by atoms with E-state index in [2.05, 4.69) is 5.32 Å². The number of hydrogen-bond acceptors (Lipinski definition) is 4. The van der Waals surface area contributed by atoms with Crippen molar-refractivity contribution in [3.05, 3.63) is 54.1 Å². The molecule has 2 N–H and O–H groups in total. The monoisotopic (exact) mass is 289 g/mol. The minimum Gasteiger partial charge on any atom is -0.508 e. The highest BCUT2D eigenvalue weighted by atomic mass is 32.2. The first-order valence-corrected chi connectivity index (χ1v) is 7.99. The summed E-state index contributed by atoms with van der Waals surface area (Å²) in [6.45, 7) is 0. The van der Waals surface area contributed by atoms with Gasteiger partial charge in [0.2, 0.25) is 0 Å². The molecule has 2 aromatic rings. The molecular formula is C15H15NO3S. The molecule has 0 aliphatic carbocycles. The van der Waals surface area contributed by atoms with Crippen molar-refractivity contribution in [1.82, 2.24) is 0 Å². The van der Waals surface area contributed by atoms with Crippen molar-refractivity contribution in [1.29, 1.82) is 0 Å². The number of fused-ring (bicyclic) bond motifs is 1. The number of anilines is 1. The van der Waals surface area contributed by atoms with Gasteiger partial charge < -0.3 is 10.4 Å². The van der Waals surface area contributed by atoms with Crippen molar-refractivity contribution >= 4 is 15.5 Å². The molecule has 0 fully saturated rings. The number of phenolic OH excluding ortho intramolecular Hbond substituents is 1. The first-order chi connectivity index (χ1) is 9.57. The number of nitrogens with one attached hydrogen (secondary N) is 1. The average Bonchev–Trinajstić information content (AvgIpc) is 2.47. The lowest BCUT2D eigenvalue weighted by Crippen LogP contribution is -2.33. The van der Waals surface area contributed by atoms with Gasteiger partial charge in [-0.15, -0.1) is 0 Å². The summed E-state index contributed by atoms with van der Waals surface area (Å²) in [6.07, 6.45) is 1.28. The van der Waals surface area contributed by atoms with Crippen LogP contribution in [0, 0.1) is 0 Å². The van der Waals surface area contributed by atoms with Crippen molar-refractivity contribution in [2.45, 2.75) is 23.1 Å². The Hall–Kier alpha value is -2.01. The Balaban J connectivity index is 1.92. The summed E-state index contributed by atoms with van der Waals surface area (Å²) >= 11 is 0. The van der Waals surface area contributed by atoms with Gasteiger partial charge in [-0.2, -0.15) is 0 Å². The summed E-state index contributed by atoms with van der Waals surface area (Å²) in [5.74, 6) is 0.0610. The predicted octanol–water partition coefficient (Wildman–Crippen LogP) is 2.55. The van der Waals surface area contributed by atoms with Crippen LogP contribution in [0.1, 0.15) is 12.0 Å². The Kier molecular flexibility index (Phi) is 3.14.